The van der Waals surface area contributed by atoms with E-state index in [1.54, 1.807) is 6.07 Å². The molecular weight excluding hydrogens is 483 g/mol. The first-order valence-electron chi connectivity index (χ1n) is 13.0. The van der Waals surface area contributed by atoms with Crippen molar-refractivity contribution in [1.29, 1.82) is 0 Å². The number of carbonyl (C=O) groups excluding carboxylic acids is 1. The van der Waals surface area contributed by atoms with E-state index in [0.717, 1.165) is 38.0 Å². The second-order valence-electron chi connectivity index (χ2n) is 10.8. The van der Waals surface area contributed by atoms with Gasteiger partial charge in [0.05, 0.1) is 0 Å². The molecule has 1 heterocycles. The number of primary amides is 1. The fourth-order valence-corrected chi connectivity index (χ4v) is 10.1. The lowest BCUT2D eigenvalue weighted by molar-refractivity contribution is 0.208. The van der Waals surface area contributed by atoms with E-state index >= 15 is 0 Å². The van der Waals surface area contributed by atoms with Gasteiger partial charge < -0.3 is 19.8 Å². The standard InChI is InChI=1S/C30H37FN2O3Si/c1-30(2,3)37(25-10-6-4-7-11-25,26-12-8-5-9-13-26)35-21-18-23-16-19-33(20-17-23)24-14-15-28(27(31)22-24)36-29(32)34/h4-15,22-23H,16-21H2,1-3H3,(H2,32,34). The third kappa shape index (κ3) is 6.05. The van der Waals surface area contributed by atoms with Crippen LogP contribution >= 0.6 is 0 Å². The first-order chi connectivity index (χ1) is 17.7. The Morgan fingerprint density at radius 1 is 0.973 bits per heavy atom. The molecule has 3 aromatic carbocycles. The summed E-state index contributed by atoms with van der Waals surface area (Å²) in [5.74, 6) is -0.180. The molecule has 0 aromatic heterocycles. The number of benzene rings is 3. The average Bonchev–Trinajstić information content (AvgIpc) is 2.88. The first kappa shape index (κ1) is 26.9. The smallest absolute Gasteiger partial charge is 0.407 e. The Labute approximate surface area is 220 Å². The van der Waals surface area contributed by atoms with Gasteiger partial charge in [0, 0.05) is 31.5 Å². The Kier molecular flexibility index (Phi) is 8.34. The number of carbonyl (C=O) groups is 1. The summed E-state index contributed by atoms with van der Waals surface area (Å²) < 4.78 is 26.1. The summed E-state index contributed by atoms with van der Waals surface area (Å²) in [6.45, 7) is 9.31. The minimum Gasteiger partial charge on any atom is -0.407 e. The van der Waals surface area contributed by atoms with Crippen molar-refractivity contribution in [3.63, 3.8) is 0 Å². The van der Waals surface area contributed by atoms with E-state index in [2.05, 4.69) is 86.3 Å². The number of amides is 1. The summed E-state index contributed by atoms with van der Waals surface area (Å²) in [5.41, 5.74) is 5.79. The van der Waals surface area contributed by atoms with Crippen LogP contribution in [0.25, 0.3) is 0 Å². The number of anilines is 1. The molecule has 1 aliphatic rings. The molecule has 0 bridgehead atoms. The number of nitrogens with two attached hydrogens (primary N) is 1. The van der Waals surface area contributed by atoms with Crippen molar-refractivity contribution in [2.75, 3.05) is 24.6 Å². The Bertz CT molecular complexity index is 1140. The summed E-state index contributed by atoms with van der Waals surface area (Å²) in [5, 5.41) is 2.57. The van der Waals surface area contributed by atoms with Gasteiger partial charge in [-0.25, -0.2) is 9.18 Å². The summed E-state index contributed by atoms with van der Waals surface area (Å²) >= 11 is 0. The first-order valence-corrected chi connectivity index (χ1v) is 14.9. The van der Waals surface area contributed by atoms with E-state index < -0.39 is 20.2 Å². The molecule has 1 aliphatic heterocycles. The van der Waals surface area contributed by atoms with E-state index in [-0.39, 0.29) is 10.8 Å². The molecule has 1 fully saturated rings. The number of hydrogen-bond acceptors (Lipinski definition) is 4. The molecule has 1 amide bonds. The molecular formula is C30H37FN2O3Si. The van der Waals surface area contributed by atoms with E-state index in [1.807, 2.05) is 0 Å². The van der Waals surface area contributed by atoms with Crippen molar-refractivity contribution >= 4 is 30.5 Å². The topological polar surface area (TPSA) is 64.8 Å². The van der Waals surface area contributed by atoms with Gasteiger partial charge in [-0.1, -0.05) is 81.4 Å². The molecule has 0 spiro atoms. The van der Waals surface area contributed by atoms with Crippen LogP contribution in [0.4, 0.5) is 14.9 Å². The fraction of sp³-hybridized carbons (Fsp3) is 0.367. The molecule has 0 saturated carbocycles. The third-order valence-electron chi connectivity index (χ3n) is 7.37. The molecule has 1 saturated heterocycles. The maximum Gasteiger partial charge on any atom is 0.410 e. The highest BCUT2D eigenvalue weighted by Gasteiger charge is 2.50. The van der Waals surface area contributed by atoms with Crippen molar-refractivity contribution in [2.24, 2.45) is 11.7 Å². The number of nitrogens with zero attached hydrogens (tertiary/aromatic N) is 1. The average molecular weight is 521 g/mol. The lowest BCUT2D eigenvalue weighted by atomic mass is 9.93. The summed E-state index contributed by atoms with van der Waals surface area (Å²) in [6.07, 6.45) is 2.02. The minimum absolute atomic E-state index is 0.0342. The molecule has 7 heteroatoms. The predicted octanol–water partition coefficient (Wildman–Crippen LogP) is 5.47. The number of halogens is 1. The lowest BCUT2D eigenvalue weighted by Crippen LogP contribution is -2.66. The van der Waals surface area contributed by atoms with Gasteiger partial charge in [-0.2, -0.15) is 0 Å². The Morgan fingerprint density at radius 3 is 2.03 bits per heavy atom. The highest BCUT2D eigenvalue weighted by Crippen LogP contribution is 2.37. The predicted molar refractivity (Wildman–Crippen MR) is 150 cm³/mol. The summed E-state index contributed by atoms with van der Waals surface area (Å²) in [6, 6.07) is 26.1. The largest absolute Gasteiger partial charge is 0.410 e. The SMILES string of the molecule is CC(C)(C)[Si](OCCC1CCN(c2ccc(OC(N)=O)c(F)c2)CC1)(c1ccccc1)c1ccccc1. The number of ether oxygens (including phenoxy) is 1. The van der Waals surface area contributed by atoms with Crippen molar-refractivity contribution < 1.29 is 18.3 Å². The molecule has 5 nitrogen and oxygen atoms in total. The molecule has 4 rings (SSSR count). The van der Waals surface area contributed by atoms with Gasteiger partial charge in [-0.3, -0.25) is 0 Å². The van der Waals surface area contributed by atoms with Gasteiger partial charge in [0.15, 0.2) is 11.6 Å². The van der Waals surface area contributed by atoms with Crippen LogP contribution in [0.3, 0.4) is 0 Å². The number of hydrogen-bond donors (Lipinski definition) is 1. The van der Waals surface area contributed by atoms with Crippen LogP contribution in [-0.2, 0) is 4.43 Å². The van der Waals surface area contributed by atoms with Crippen molar-refractivity contribution in [3.05, 3.63) is 84.7 Å². The maximum absolute atomic E-state index is 14.3. The van der Waals surface area contributed by atoms with Crippen LogP contribution in [0.15, 0.2) is 78.9 Å². The lowest BCUT2D eigenvalue weighted by Gasteiger charge is -2.43. The summed E-state index contributed by atoms with van der Waals surface area (Å²) in [7, 11) is -2.52. The van der Waals surface area contributed by atoms with E-state index in [0.29, 0.717) is 12.5 Å². The van der Waals surface area contributed by atoms with Crippen LogP contribution in [0, 0.1) is 11.7 Å². The molecule has 0 atom stereocenters. The van der Waals surface area contributed by atoms with Gasteiger partial charge in [-0.15, -0.1) is 0 Å². The quantitative estimate of drug-likeness (QED) is 0.400. The zero-order chi connectivity index (χ0) is 26.5. The second-order valence-corrected chi connectivity index (χ2v) is 15.1. The molecule has 0 radical (unpaired) electrons. The summed E-state index contributed by atoms with van der Waals surface area (Å²) in [4.78, 5) is 13.1. The maximum atomic E-state index is 14.3. The van der Waals surface area contributed by atoms with Crippen molar-refractivity contribution in [1.82, 2.24) is 0 Å². The van der Waals surface area contributed by atoms with E-state index in [9.17, 15) is 9.18 Å². The minimum atomic E-state index is -2.52. The highest BCUT2D eigenvalue weighted by molar-refractivity contribution is 6.99. The van der Waals surface area contributed by atoms with Gasteiger partial charge in [-0.05, 0) is 52.7 Å². The normalized spacial score (nSPS) is 15.0. The monoisotopic (exact) mass is 520 g/mol. The molecule has 3 aromatic rings. The van der Waals surface area contributed by atoms with Gasteiger partial charge in [0.1, 0.15) is 0 Å². The number of piperidine rings is 1. The van der Waals surface area contributed by atoms with E-state index in [1.165, 1.54) is 22.5 Å². The van der Waals surface area contributed by atoms with E-state index in [4.69, 9.17) is 14.9 Å². The Morgan fingerprint density at radius 2 is 1.54 bits per heavy atom. The van der Waals surface area contributed by atoms with Gasteiger partial charge in [0.25, 0.3) is 8.32 Å². The highest BCUT2D eigenvalue weighted by atomic mass is 28.4. The fourth-order valence-electron chi connectivity index (χ4n) is 5.50. The second kappa shape index (κ2) is 11.5. The molecule has 0 unspecified atom stereocenters. The van der Waals surface area contributed by atoms with Gasteiger partial charge in [0.2, 0.25) is 0 Å². The van der Waals surface area contributed by atoms with Crippen LogP contribution in [0.1, 0.15) is 40.0 Å². The zero-order valence-corrected chi connectivity index (χ0v) is 23.0. The van der Waals surface area contributed by atoms with Crippen LogP contribution in [0.5, 0.6) is 5.75 Å². The zero-order valence-electron chi connectivity index (χ0n) is 22.0. The van der Waals surface area contributed by atoms with Crippen LogP contribution in [-0.4, -0.2) is 34.1 Å². The third-order valence-corrected chi connectivity index (χ3v) is 12.4. The molecule has 0 aliphatic carbocycles. The van der Waals surface area contributed by atoms with Gasteiger partial charge >= 0.3 is 6.09 Å². The van der Waals surface area contributed by atoms with Crippen molar-refractivity contribution in [3.8, 4) is 5.75 Å². The molecule has 2 N–H and O–H groups in total. The van der Waals surface area contributed by atoms with Crippen LogP contribution in [0.2, 0.25) is 5.04 Å². The number of rotatable bonds is 8. The molecule has 196 valence electrons. The molecule has 37 heavy (non-hydrogen) atoms. The Hall–Kier alpha value is -3.16. The Balaban J connectivity index is 1.42. The van der Waals surface area contributed by atoms with Crippen LogP contribution < -0.4 is 25.7 Å². The van der Waals surface area contributed by atoms with Crippen molar-refractivity contribution in [2.45, 2.75) is 45.1 Å².